The highest BCUT2D eigenvalue weighted by atomic mass is 16.5. The van der Waals surface area contributed by atoms with E-state index in [-0.39, 0.29) is 23.0 Å². The Balaban J connectivity index is 1.36. The van der Waals surface area contributed by atoms with Gasteiger partial charge in [0.15, 0.2) is 0 Å². The minimum atomic E-state index is -0.113. The van der Waals surface area contributed by atoms with E-state index in [1.54, 1.807) is 0 Å². The molecule has 0 bridgehead atoms. The molecule has 2 aromatic heterocycles. The van der Waals surface area contributed by atoms with E-state index >= 15 is 0 Å². The first-order chi connectivity index (χ1) is 28.6. The van der Waals surface area contributed by atoms with Crippen LogP contribution < -0.4 is 26.0 Å². The number of anilines is 3. The lowest BCUT2D eigenvalue weighted by molar-refractivity contribution is 0.482. The van der Waals surface area contributed by atoms with E-state index in [0.717, 1.165) is 17.2 Å². The van der Waals surface area contributed by atoms with Crippen LogP contribution >= 0.6 is 0 Å². The minimum absolute atomic E-state index is 0.0250. The Labute approximate surface area is 354 Å². The maximum atomic E-state index is 7.13. The van der Waals surface area contributed by atoms with E-state index in [1.807, 2.05) is 0 Å². The van der Waals surface area contributed by atoms with E-state index in [2.05, 4.69) is 217 Å². The van der Waals surface area contributed by atoms with Gasteiger partial charge in [-0.25, -0.2) is 0 Å². The molecule has 2 aliphatic heterocycles. The van der Waals surface area contributed by atoms with E-state index in [9.17, 15) is 0 Å². The smallest absolute Gasteiger partial charge is 0.256 e. The van der Waals surface area contributed by atoms with Gasteiger partial charge in [0, 0.05) is 45.5 Å². The Hall–Kier alpha value is -6.20. The average molecular weight is 782 g/mol. The molecule has 5 heteroatoms. The molecule has 0 radical (unpaired) electrons. The number of rotatable bonds is 2. The Morgan fingerprint density at radius 2 is 1.05 bits per heavy atom. The fourth-order valence-electron chi connectivity index (χ4n) is 10.2. The van der Waals surface area contributed by atoms with E-state index in [0.29, 0.717) is 0 Å². The first kappa shape index (κ1) is 36.9. The van der Waals surface area contributed by atoms with Crippen molar-refractivity contribution in [2.24, 2.45) is 7.05 Å². The maximum Gasteiger partial charge on any atom is 0.256 e. The van der Waals surface area contributed by atoms with Crippen LogP contribution in [0.1, 0.15) is 79.0 Å². The summed E-state index contributed by atoms with van der Waals surface area (Å²) in [5.74, 6) is 1.87. The monoisotopic (exact) mass is 781 g/mol. The van der Waals surface area contributed by atoms with E-state index in [1.165, 1.54) is 93.8 Å². The molecule has 4 nitrogen and oxygen atoms in total. The average Bonchev–Trinajstić information content (AvgIpc) is 3.71. The van der Waals surface area contributed by atoms with Gasteiger partial charge in [-0.2, -0.15) is 0 Å². The zero-order chi connectivity index (χ0) is 41.6. The normalized spacial score (nSPS) is 13.9. The van der Waals surface area contributed by atoms with Crippen LogP contribution in [0.4, 0.5) is 17.1 Å². The Bertz CT molecular complexity index is 3200. The summed E-state index contributed by atoms with van der Waals surface area (Å²) >= 11 is 0. The summed E-state index contributed by atoms with van der Waals surface area (Å²) in [5.41, 5.74) is 17.0. The molecule has 0 amide bonds. The van der Waals surface area contributed by atoms with Crippen molar-refractivity contribution < 1.29 is 4.74 Å². The van der Waals surface area contributed by atoms with Gasteiger partial charge < -0.3 is 18.8 Å². The number of nitrogens with zero attached hydrogens (tertiary/aromatic N) is 3. The van der Waals surface area contributed by atoms with Crippen LogP contribution in [-0.4, -0.2) is 15.8 Å². The molecule has 296 valence electrons. The highest BCUT2D eigenvalue weighted by Gasteiger charge is 2.45. The number of hydrogen-bond acceptors (Lipinski definition) is 2. The largest absolute Gasteiger partial charge is 0.458 e. The number of para-hydroxylation sites is 3. The topological polar surface area (TPSA) is 22.3 Å². The molecule has 9 aromatic rings. The van der Waals surface area contributed by atoms with Crippen molar-refractivity contribution in [2.45, 2.75) is 78.6 Å². The van der Waals surface area contributed by atoms with Gasteiger partial charge in [0.2, 0.25) is 0 Å². The third-order valence-electron chi connectivity index (χ3n) is 13.4. The minimum Gasteiger partial charge on any atom is -0.458 e. The van der Waals surface area contributed by atoms with Gasteiger partial charge in [0.25, 0.3) is 6.71 Å². The zero-order valence-electron chi connectivity index (χ0n) is 36.5. The summed E-state index contributed by atoms with van der Waals surface area (Å²) < 4.78 is 12.1. The van der Waals surface area contributed by atoms with Gasteiger partial charge in [0.1, 0.15) is 11.5 Å². The standard InChI is InChI=1S/C55H52BN3O/c1-53(2,3)33-23-26-36(27-24-33)58-45-30-35(55(7,8)9)31-48-50(45)56(40-29-34(54(4,5)6)25-28-47(40)60-48)41-32-46(52-49(51(41)58)39-19-13-14-20-42(39)57(52)10)59-43-21-15-11-17-37(43)38-18-12-16-22-44(38)59/h11-32H,1-10H3. The molecule has 0 aliphatic carbocycles. The molecule has 0 saturated carbocycles. The van der Waals surface area contributed by atoms with Gasteiger partial charge in [0.05, 0.1) is 27.9 Å². The molecule has 0 unspecified atom stereocenters. The number of fused-ring (bicyclic) bond motifs is 11. The first-order valence-corrected chi connectivity index (χ1v) is 21.5. The predicted octanol–water partition coefficient (Wildman–Crippen LogP) is 12.7. The fourth-order valence-corrected chi connectivity index (χ4v) is 10.2. The number of ether oxygens (including phenoxy) is 1. The second kappa shape index (κ2) is 12.4. The number of hydrogen-bond donors (Lipinski definition) is 0. The fraction of sp³-hybridized carbons (Fsp3) is 0.236. The van der Waals surface area contributed by atoms with Crippen LogP contribution in [0.25, 0.3) is 49.3 Å². The molecule has 60 heavy (non-hydrogen) atoms. The number of benzene rings is 7. The summed E-state index contributed by atoms with van der Waals surface area (Å²) in [7, 11) is 2.25. The third-order valence-corrected chi connectivity index (χ3v) is 13.4. The molecular formula is C55H52BN3O. The second-order valence-electron chi connectivity index (χ2n) is 20.3. The quantitative estimate of drug-likeness (QED) is 0.163. The summed E-state index contributed by atoms with van der Waals surface area (Å²) in [6, 6.07) is 50.4. The van der Waals surface area contributed by atoms with Crippen molar-refractivity contribution in [3.8, 4) is 17.2 Å². The molecule has 0 atom stereocenters. The van der Waals surface area contributed by atoms with Gasteiger partial charge in [-0.15, -0.1) is 0 Å². The van der Waals surface area contributed by atoms with Crippen molar-refractivity contribution in [1.29, 1.82) is 0 Å². The predicted molar refractivity (Wildman–Crippen MR) is 257 cm³/mol. The van der Waals surface area contributed by atoms with Crippen molar-refractivity contribution in [1.82, 2.24) is 9.13 Å². The summed E-state index contributed by atoms with van der Waals surface area (Å²) in [6.07, 6.45) is 0. The lowest BCUT2D eigenvalue weighted by Crippen LogP contribution is -2.60. The maximum absolute atomic E-state index is 7.13. The summed E-state index contributed by atoms with van der Waals surface area (Å²) in [4.78, 5) is 2.58. The van der Waals surface area contributed by atoms with Crippen LogP contribution in [0.3, 0.4) is 0 Å². The molecule has 4 heterocycles. The lowest BCUT2D eigenvalue weighted by atomic mass is 9.33. The molecule has 7 aromatic carbocycles. The van der Waals surface area contributed by atoms with Crippen molar-refractivity contribution in [3.05, 3.63) is 150 Å². The van der Waals surface area contributed by atoms with Crippen molar-refractivity contribution in [3.63, 3.8) is 0 Å². The first-order valence-electron chi connectivity index (χ1n) is 21.5. The summed E-state index contributed by atoms with van der Waals surface area (Å²) in [6.45, 7) is 20.7. The second-order valence-corrected chi connectivity index (χ2v) is 20.3. The molecule has 0 spiro atoms. The van der Waals surface area contributed by atoms with E-state index < -0.39 is 0 Å². The third kappa shape index (κ3) is 5.24. The highest BCUT2D eigenvalue weighted by Crippen LogP contribution is 2.49. The number of aryl methyl sites for hydroxylation is 1. The highest BCUT2D eigenvalue weighted by molar-refractivity contribution is 6.99. The van der Waals surface area contributed by atoms with Crippen LogP contribution in [0.15, 0.2) is 133 Å². The molecule has 0 saturated heterocycles. The Morgan fingerprint density at radius 3 is 1.67 bits per heavy atom. The van der Waals surface area contributed by atoms with Gasteiger partial charge in [-0.3, -0.25) is 0 Å². The summed E-state index contributed by atoms with van der Waals surface area (Å²) in [5, 5.41) is 5.02. The van der Waals surface area contributed by atoms with E-state index in [4.69, 9.17) is 4.74 Å². The lowest BCUT2D eigenvalue weighted by Gasteiger charge is -2.42. The van der Waals surface area contributed by atoms with Crippen LogP contribution in [-0.2, 0) is 23.3 Å². The molecule has 0 N–H and O–H groups in total. The molecule has 11 rings (SSSR count). The molecule has 0 fully saturated rings. The van der Waals surface area contributed by atoms with Crippen LogP contribution in [0.5, 0.6) is 11.5 Å². The van der Waals surface area contributed by atoms with Gasteiger partial charge >= 0.3 is 0 Å². The van der Waals surface area contributed by atoms with Crippen molar-refractivity contribution in [2.75, 3.05) is 4.90 Å². The van der Waals surface area contributed by atoms with Gasteiger partial charge in [-0.1, -0.05) is 141 Å². The number of aromatic nitrogens is 2. The van der Waals surface area contributed by atoms with Crippen molar-refractivity contribution >= 4 is 83.8 Å². The van der Waals surface area contributed by atoms with Crippen LogP contribution in [0, 0.1) is 0 Å². The molecule has 2 aliphatic rings. The Kier molecular flexibility index (Phi) is 7.63. The van der Waals surface area contributed by atoms with Gasteiger partial charge in [-0.05, 0) is 104 Å². The SMILES string of the molecule is Cn1c2ccccc2c2c3c(cc(-n4c5ccccc5c5ccccc54)c21)B1c2cc(C(C)(C)C)ccc2Oc2cc(C(C)(C)C)cc(c21)N3c1ccc(C(C)(C)C)cc1. The Morgan fingerprint density at radius 1 is 0.483 bits per heavy atom. The molecular weight excluding hydrogens is 729 g/mol. The zero-order valence-corrected chi connectivity index (χ0v) is 36.5. The van der Waals surface area contributed by atoms with Crippen LogP contribution in [0.2, 0.25) is 0 Å².